The number of hydrogen-bond acceptors (Lipinski definition) is 3. The van der Waals surface area contributed by atoms with Crippen LogP contribution in [0.1, 0.15) is 16.7 Å². The van der Waals surface area contributed by atoms with Crippen molar-refractivity contribution in [1.82, 2.24) is 9.71 Å². The highest BCUT2D eigenvalue weighted by atomic mass is 35.5. The van der Waals surface area contributed by atoms with E-state index in [-0.39, 0.29) is 0 Å². The van der Waals surface area contributed by atoms with E-state index in [0.29, 0.717) is 17.5 Å². The van der Waals surface area contributed by atoms with E-state index < -0.39 is 0 Å². The van der Waals surface area contributed by atoms with Crippen molar-refractivity contribution in [2.45, 2.75) is 17.9 Å². The number of nitrogens with one attached hydrogen (secondary N) is 2. The molecule has 2 heterocycles. The molecule has 0 unspecified atom stereocenters. The molecule has 0 atom stereocenters. The number of nitrogens with zero attached hydrogens (tertiary/aromatic N) is 2. The molecule has 1 aromatic heterocycles. The summed E-state index contributed by atoms with van der Waals surface area (Å²) in [6, 6.07) is 15.9. The van der Waals surface area contributed by atoms with Crippen LogP contribution in [0.5, 0.6) is 0 Å². The number of para-hydroxylation sites is 1. The summed E-state index contributed by atoms with van der Waals surface area (Å²) in [6.45, 7) is 0.449. The number of anilines is 1. The highest BCUT2D eigenvalue weighted by Gasteiger charge is 2.17. The summed E-state index contributed by atoms with van der Waals surface area (Å²) >= 11 is 14.1. The smallest absolute Gasteiger partial charge is 0.206 e. The van der Waals surface area contributed by atoms with Gasteiger partial charge in [-0.25, -0.2) is 4.99 Å². The number of aromatic nitrogens is 1. The van der Waals surface area contributed by atoms with Crippen LogP contribution in [0, 0.1) is 0 Å². The van der Waals surface area contributed by atoms with Gasteiger partial charge in [-0.15, -0.1) is 0 Å². The van der Waals surface area contributed by atoms with Gasteiger partial charge < -0.3 is 5.32 Å². The van der Waals surface area contributed by atoms with Crippen LogP contribution in [0.4, 0.5) is 5.69 Å². The van der Waals surface area contributed by atoms with Gasteiger partial charge in [-0.2, -0.15) is 0 Å². The highest BCUT2D eigenvalue weighted by Crippen LogP contribution is 2.34. The average Bonchev–Trinajstić information content (AvgIpc) is 2.69. The molecule has 2 N–H and O–H groups in total. The fourth-order valence-corrected chi connectivity index (χ4v) is 3.93. The van der Waals surface area contributed by atoms with E-state index in [1.165, 1.54) is 5.56 Å². The first-order valence-electron chi connectivity index (χ1n) is 8.39. The molecular formula is C20H16Cl2N4S. The Bertz CT molecular complexity index is 1010. The van der Waals surface area contributed by atoms with Crippen molar-refractivity contribution in [3.05, 3.63) is 87.7 Å². The summed E-state index contributed by atoms with van der Waals surface area (Å²) < 4.78 is 3.23. The second-order valence-corrected chi connectivity index (χ2v) is 7.68. The molecule has 3 aromatic rings. The average molecular weight is 415 g/mol. The van der Waals surface area contributed by atoms with Gasteiger partial charge in [0.2, 0.25) is 5.96 Å². The van der Waals surface area contributed by atoms with E-state index in [1.54, 1.807) is 30.4 Å². The Morgan fingerprint density at radius 2 is 1.74 bits per heavy atom. The molecule has 0 bridgehead atoms. The molecule has 0 aliphatic carbocycles. The predicted molar refractivity (Wildman–Crippen MR) is 114 cm³/mol. The lowest BCUT2D eigenvalue weighted by molar-refractivity contribution is 1.03. The molecule has 2 aromatic carbocycles. The van der Waals surface area contributed by atoms with Crippen molar-refractivity contribution in [1.29, 1.82) is 0 Å². The van der Waals surface area contributed by atoms with E-state index >= 15 is 0 Å². The lowest BCUT2D eigenvalue weighted by atomic mass is 10.0. The fraction of sp³-hybridized carbons (Fsp3) is 0.100. The number of halogens is 2. The molecule has 136 valence electrons. The van der Waals surface area contributed by atoms with E-state index in [4.69, 9.17) is 23.2 Å². The van der Waals surface area contributed by atoms with Crippen LogP contribution in [0.15, 0.2) is 70.8 Å². The van der Waals surface area contributed by atoms with E-state index in [2.05, 4.69) is 44.3 Å². The van der Waals surface area contributed by atoms with Crippen LogP contribution in [0.2, 0.25) is 10.0 Å². The van der Waals surface area contributed by atoms with E-state index in [0.717, 1.165) is 33.2 Å². The summed E-state index contributed by atoms with van der Waals surface area (Å²) in [7, 11) is 0. The number of rotatable bonds is 4. The minimum Gasteiger partial charge on any atom is -0.324 e. The second kappa shape index (κ2) is 8.21. The number of aliphatic imine (C=N–C) groups is 1. The summed E-state index contributed by atoms with van der Waals surface area (Å²) in [5.74, 6) is 0.694. The molecule has 0 fully saturated rings. The van der Waals surface area contributed by atoms with Crippen molar-refractivity contribution in [2.24, 2.45) is 4.99 Å². The topological polar surface area (TPSA) is 49.3 Å². The minimum absolute atomic E-state index is 0.449. The van der Waals surface area contributed by atoms with Gasteiger partial charge in [0.05, 0.1) is 17.1 Å². The van der Waals surface area contributed by atoms with Crippen LogP contribution >= 0.6 is 35.1 Å². The number of benzene rings is 2. The highest BCUT2D eigenvalue weighted by molar-refractivity contribution is 7.98. The number of guanidine groups is 1. The van der Waals surface area contributed by atoms with Crippen molar-refractivity contribution in [3.63, 3.8) is 0 Å². The molecule has 0 amide bonds. The first-order valence-corrected chi connectivity index (χ1v) is 9.96. The molecule has 0 radical (unpaired) electrons. The molecule has 4 nitrogen and oxygen atoms in total. The minimum atomic E-state index is 0.449. The molecule has 27 heavy (non-hydrogen) atoms. The summed E-state index contributed by atoms with van der Waals surface area (Å²) in [5, 5.41) is 4.85. The Labute approximate surface area is 172 Å². The second-order valence-electron chi connectivity index (χ2n) is 6.02. The lowest BCUT2D eigenvalue weighted by Crippen LogP contribution is -2.30. The third-order valence-electron chi connectivity index (χ3n) is 4.20. The summed E-state index contributed by atoms with van der Waals surface area (Å²) in [6.07, 6.45) is 4.15. The SMILES string of the molecule is Clc1ccncc1CN=C1NSc2cccc(Cc3ccccc3Cl)c2N1. The van der Waals surface area contributed by atoms with Crippen molar-refractivity contribution >= 4 is 46.8 Å². The largest absolute Gasteiger partial charge is 0.324 e. The summed E-state index contributed by atoms with van der Waals surface area (Å²) in [4.78, 5) is 9.83. The Hall–Kier alpha value is -2.21. The molecule has 1 aliphatic heterocycles. The van der Waals surface area contributed by atoms with E-state index in [1.807, 2.05) is 18.2 Å². The van der Waals surface area contributed by atoms with Gasteiger partial charge >= 0.3 is 0 Å². The Morgan fingerprint density at radius 1 is 0.926 bits per heavy atom. The maximum Gasteiger partial charge on any atom is 0.206 e. The van der Waals surface area contributed by atoms with Crippen molar-refractivity contribution in [2.75, 3.05) is 5.32 Å². The molecule has 4 rings (SSSR count). The predicted octanol–water partition coefficient (Wildman–Crippen LogP) is 5.56. The van der Waals surface area contributed by atoms with E-state index in [9.17, 15) is 0 Å². The van der Waals surface area contributed by atoms with Gasteiger partial charge in [-0.05, 0) is 41.3 Å². The Balaban J connectivity index is 1.57. The van der Waals surface area contributed by atoms with Gasteiger partial charge in [0, 0.05) is 34.4 Å². The van der Waals surface area contributed by atoms with Gasteiger partial charge in [0.15, 0.2) is 0 Å². The first-order chi connectivity index (χ1) is 13.2. The van der Waals surface area contributed by atoms with Crippen LogP contribution in [-0.4, -0.2) is 10.9 Å². The lowest BCUT2D eigenvalue weighted by Gasteiger charge is -2.23. The monoisotopic (exact) mass is 414 g/mol. The van der Waals surface area contributed by atoms with Crippen LogP contribution in [-0.2, 0) is 13.0 Å². The molecule has 0 spiro atoms. The van der Waals surface area contributed by atoms with Gasteiger partial charge in [0.1, 0.15) is 0 Å². The zero-order valence-corrected chi connectivity index (χ0v) is 16.6. The quantitative estimate of drug-likeness (QED) is 0.548. The molecule has 7 heteroatoms. The third-order valence-corrected chi connectivity index (χ3v) is 5.80. The number of hydrogen-bond donors (Lipinski definition) is 2. The van der Waals surface area contributed by atoms with Crippen LogP contribution in [0.3, 0.4) is 0 Å². The normalized spacial score (nSPS) is 14.4. The molecule has 1 aliphatic rings. The molecule has 0 saturated heterocycles. The van der Waals surface area contributed by atoms with Gasteiger partial charge in [-0.1, -0.05) is 53.5 Å². The van der Waals surface area contributed by atoms with Crippen molar-refractivity contribution < 1.29 is 0 Å². The zero-order chi connectivity index (χ0) is 18.6. The fourth-order valence-electron chi connectivity index (χ4n) is 2.81. The number of pyridine rings is 1. The third kappa shape index (κ3) is 4.21. The zero-order valence-electron chi connectivity index (χ0n) is 14.2. The molecule has 0 saturated carbocycles. The van der Waals surface area contributed by atoms with Gasteiger partial charge in [0.25, 0.3) is 0 Å². The maximum absolute atomic E-state index is 6.34. The standard InChI is InChI=1S/C20H16Cl2N4S/c21-16-6-2-1-4-13(16)10-14-5-3-7-18-19(14)25-20(26-27-18)24-12-15-11-23-9-8-17(15)22/h1-9,11H,10,12H2,(H2,24,25,26). The maximum atomic E-state index is 6.34. The Morgan fingerprint density at radius 3 is 2.59 bits per heavy atom. The van der Waals surface area contributed by atoms with Crippen LogP contribution < -0.4 is 10.0 Å². The summed E-state index contributed by atoms with van der Waals surface area (Å²) in [5.41, 5.74) is 4.20. The first kappa shape index (κ1) is 18.2. The van der Waals surface area contributed by atoms with Crippen LogP contribution in [0.25, 0.3) is 0 Å². The number of fused-ring (bicyclic) bond motifs is 1. The Kier molecular flexibility index (Phi) is 5.53. The van der Waals surface area contributed by atoms with Gasteiger partial charge in [-0.3, -0.25) is 9.71 Å². The van der Waals surface area contributed by atoms with Crippen molar-refractivity contribution in [3.8, 4) is 0 Å². The molecular weight excluding hydrogens is 399 g/mol.